The molecule has 0 unspecified atom stereocenters. The van der Waals surface area contributed by atoms with Crippen molar-refractivity contribution < 1.29 is 0 Å². The number of rotatable bonds is 6. The second-order valence-corrected chi connectivity index (χ2v) is 4.96. The van der Waals surface area contributed by atoms with Crippen LogP contribution >= 0.6 is 11.3 Å². The molecule has 1 nitrogen and oxygen atoms in total. The summed E-state index contributed by atoms with van der Waals surface area (Å²) >= 11 is 1.77. The Kier molecular flexibility index (Phi) is 4.77. The molecule has 1 heterocycles. The third-order valence-corrected chi connectivity index (χ3v) is 3.72. The quantitative estimate of drug-likeness (QED) is 0.766. The number of aryl methyl sites for hydroxylation is 1. The van der Waals surface area contributed by atoms with Gasteiger partial charge in [-0.15, -0.1) is 0 Å². The van der Waals surface area contributed by atoms with Gasteiger partial charge >= 0.3 is 0 Å². The van der Waals surface area contributed by atoms with Gasteiger partial charge in [0.2, 0.25) is 0 Å². The number of thiophene rings is 1. The van der Waals surface area contributed by atoms with Crippen molar-refractivity contribution in [1.29, 1.82) is 0 Å². The maximum absolute atomic E-state index is 3.52. The van der Waals surface area contributed by atoms with Crippen molar-refractivity contribution in [3.63, 3.8) is 0 Å². The number of benzene rings is 1. The van der Waals surface area contributed by atoms with E-state index >= 15 is 0 Å². The Labute approximate surface area is 108 Å². The molecule has 2 aromatic rings. The van der Waals surface area contributed by atoms with Crippen LogP contribution in [0.2, 0.25) is 0 Å². The molecule has 0 aliphatic rings. The molecule has 0 spiro atoms. The highest BCUT2D eigenvalue weighted by atomic mass is 32.1. The lowest BCUT2D eigenvalue weighted by Gasteiger charge is -2.08. The van der Waals surface area contributed by atoms with Crippen LogP contribution in [0.4, 0.5) is 0 Å². The summed E-state index contributed by atoms with van der Waals surface area (Å²) in [4.78, 5) is 0. The van der Waals surface area contributed by atoms with Crippen LogP contribution in [0, 0.1) is 0 Å². The van der Waals surface area contributed by atoms with Gasteiger partial charge in [0, 0.05) is 6.54 Å². The van der Waals surface area contributed by atoms with Crippen LogP contribution in [0.3, 0.4) is 0 Å². The average Bonchev–Trinajstić information content (AvgIpc) is 2.88. The summed E-state index contributed by atoms with van der Waals surface area (Å²) < 4.78 is 0. The molecule has 0 saturated carbocycles. The van der Waals surface area contributed by atoms with Gasteiger partial charge in [0.15, 0.2) is 0 Å². The molecule has 1 aromatic heterocycles. The van der Waals surface area contributed by atoms with Crippen LogP contribution in [-0.2, 0) is 19.4 Å². The van der Waals surface area contributed by atoms with Gasteiger partial charge in [-0.05, 0) is 52.9 Å². The standard InChI is InChI=1S/C15H19NS/c1-2-14-5-3-4-6-15(14)11-16-9-7-13-8-10-17-12-13/h3-6,8,10,12,16H,2,7,9,11H2,1H3. The van der Waals surface area contributed by atoms with E-state index in [0.717, 1.165) is 25.9 Å². The molecule has 1 aromatic carbocycles. The Morgan fingerprint density at radius 2 is 1.94 bits per heavy atom. The van der Waals surface area contributed by atoms with Crippen LogP contribution in [-0.4, -0.2) is 6.54 Å². The van der Waals surface area contributed by atoms with Gasteiger partial charge in [-0.25, -0.2) is 0 Å². The Bertz CT molecular complexity index is 434. The first-order valence-corrected chi connectivity index (χ1v) is 7.13. The summed E-state index contributed by atoms with van der Waals surface area (Å²) in [5.41, 5.74) is 4.32. The lowest BCUT2D eigenvalue weighted by atomic mass is 10.1. The summed E-state index contributed by atoms with van der Waals surface area (Å²) in [7, 11) is 0. The van der Waals surface area contributed by atoms with Gasteiger partial charge in [-0.2, -0.15) is 11.3 Å². The second-order valence-electron chi connectivity index (χ2n) is 4.18. The molecule has 0 bridgehead atoms. The van der Waals surface area contributed by atoms with Gasteiger partial charge in [0.1, 0.15) is 0 Å². The van der Waals surface area contributed by atoms with Crippen LogP contribution in [0.5, 0.6) is 0 Å². The Balaban J connectivity index is 1.78. The molecule has 1 N–H and O–H groups in total. The zero-order valence-electron chi connectivity index (χ0n) is 10.3. The highest BCUT2D eigenvalue weighted by Gasteiger charge is 1.99. The van der Waals surface area contributed by atoms with Gasteiger partial charge < -0.3 is 5.32 Å². The predicted octanol–water partition coefficient (Wildman–Crippen LogP) is 3.64. The lowest BCUT2D eigenvalue weighted by molar-refractivity contribution is 0.683. The third kappa shape index (κ3) is 3.69. The first-order valence-electron chi connectivity index (χ1n) is 6.18. The Morgan fingerprint density at radius 3 is 2.65 bits per heavy atom. The first kappa shape index (κ1) is 12.3. The number of hydrogen-bond donors (Lipinski definition) is 1. The monoisotopic (exact) mass is 245 g/mol. The van der Waals surface area contributed by atoms with Crippen LogP contribution in [0.1, 0.15) is 23.6 Å². The molecule has 0 aliphatic heterocycles. The van der Waals surface area contributed by atoms with Crippen molar-refractivity contribution >= 4 is 11.3 Å². The molecule has 2 rings (SSSR count). The van der Waals surface area contributed by atoms with Crippen molar-refractivity contribution in [3.8, 4) is 0 Å². The van der Waals surface area contributed by atoms with E-state index in [2.05, 4.69) is 53.3 Å². The minimum atomic E-state index is 0.980. The van der Waals surface area contributed by atoms with E-state index in [-0.39, 0.29) is 0 Å². The van der Waals surface area contributed by atoms with Crippen molar-refractivity contribution in [2.45, 2.75) is 26.3 Å². The average molecular weight is 245 g/mol. The zero-order chi connectivity index (χ0) is 11.9. The van der Waals surface area contributed by atoms with Gasteiger partial charge in [0.05, 0.1) is 0 Å². The normalized spacial score (nSPS) is 10.6. The fraction of sp³-hybridized carbons (Fsp3) is 0.333. The van der Waals surface area contributed by atoms with Crippen LogP contribution in [0.25, 0.3) is 0 Å². The van der Waals surface area contributed by atoms with Crippen molar-refractivity contribution in [2.75, 3.05) is 6.54 Å². The minimum Gasteiger partial charge on any atom is -0.312 e. The highest BCUT2D eigenvalue weighted by molar-refractivity contribution is 7.07. The molecule has 2 heteroatoms. The molecule has 0 atom stereocenters. The van der Waals surface area contributed by atoms with Gasteiger partial charge in [0.25, 0.3) is 0 Å². The Hall–Kier alpha value is -1.12. The largest absolute Gasteiger partial charge is 0.312 e. The van der Waals surface area contributed by atoms with Crippen molar-refractivity contribution in [1.82, 2.24) is 5.32 Å². The van der Waals surface area contributed by atoms with E-state index in [0.29, 0.717) is 0 Å². The molecule has 0 aliphatic carbocycles. The number of hydrogen-bond acceptors (Lipinski definition) is 2. The third-order valence-electron chi connectivity index (χ3n) is 2.99. The van der Waals surface area contributed by atoms with Crippen LogP contribution in [0.15, 0.2) is 41.1 Å². The highest BCUT2D eigenvalue weighted by Crippen LogP contribution is 2.09. The van der Waals surface area contributed by atoms with Crippen LogP contribution < -0.4 is 5.32 Å². The Morgan fingerprint density at radius 1 is 1.12 bits per heavy atom. The fourth-order valence-electron chi connectivity index (χ4n) is 1.97. The van der Waals surface area contributed by atoms with E-state index in [4.69, 9.17) is 0 Å². The molecule has 90 valence electrons. The fourth-order valence-corrected chi connectivity index (χ4v) is 2.67. The molecular weight excluding hydrogens is 226 g/mol. The van der Waals surface area contributed by atoms with E-state index in [1.807, 2.05) is 0 Å². The maximum Gasteiger partial charge on any atom is 0.0208 e. The molecule has 0 saturated heterocycles. The van der Waals surface area contributed by atoms with Gasteiger partial charge in [-0.3, -0.25) is 0 Å². The summed E-state index contributed by atoms with van der Waals surface area (Å²) in [6.45, 7) is 4.24. The number of nitrogens with one attached hydrogen (secondary N) is 1. The van der Waals surface area contributed by atoms with E-state index < -0.39 is 0 Å². The summed E-state index contributed by atoms with van der Waals surface area (Å²) in [6, 6.07) is 10.9. The van der Waals surface area contributed by atoms with Crippen molar-refractivity contribution in [2.24, 2.45) is 0 Å². The molecular formula is C15H19NS. The van der Waals surface area contributed by atoms with E-state index in [9.17, 15) is 0 Å². The molecule has 17 heavy (non-hydrogen) atoms. The van der Waals surface area contributed by atoms with Gasteiger partial charge in [-0.1, -0.05) is 31.2 Å². The summed E-state index contributed by atoms with van der Waals surface area (Å²) in [5.74, 6) is 0. The smallest absolute Gasteiger partial charge is 0.0208 e. The summed E-state index contributed by atoms with van der Waals surface area (Å²) in [6.07, 6.45) is 2.24. The SMILES string of the molecule is CCc1ccccc1CNCCc1ccsc1. The summed E-state index contributed by atoms with van der Waals surface area (Å²) in [5, 5.41) is 7.88. The maximum atomic E-state index is 3.52. The minimum absolute atomic E-state index is 0.980. The van der Waals surface area contributed by atoms with E-state index in [1.165, 1.54) is 16.7 Å². The molecule has 0 fully saturated rings. The lowest BCUT2D eigenvalue weighted by Crippen LogP contribution is -2.17. The molecule has 0 amide bonds. The first-order chi connectivity index (χ1) is 8.40. The topological polar surface area (TPSA) is 12.0 Å². The predicted molar refractivity (Wildman–Crippen MR) is 75.5 cm³/mol. The second kappa shape index (κ2) is 6.58. The van der Waals surface area contributed by atoms with E-state index in [1.54, 1.807) is 11.3 Å². The zero-order valence-corrected chi connectivity index (χ0v) is 11.1. The van der Waals surface area contributed by atoms with Crippen molar-refractivity contribution in [3.05, 3.63) is 57.8 Å². The molecule has 0 radical (unpaired) electrons.